The van der Waals surface area contributed by atoms with Crippen molar-refractivity contribution in [2.24, 2.45) is 0 Å². The van der Waals surface area contributed by atoms with Crippen molar-refractivity contribution in [1.29, 1.82) is 0 Å². The molecule has 0 aliphatic heterocycles. The van der Waals surface area contributed by atoms with Crippen molar-refractivity contribution in [2.45, 2.75) is 45.4 Å². The number of benzene rings is 5. The number of hydrogen-bond acceptors (Lipinski definition) is 0. The maximum absolute atomic E-state index is 3.91. The minimum Gasteiger partial charge on any atom is -0.0985 e. The molecule has 5 aromatic rings. The van der Waals surface area contributed by atoms with Gasteiger partial charge in [-0.25, -0.2) is 0 Å². The lowest BCUT2D eigenvalue weighted by Crippen LogP contribution is -2.34. The standard InChI is InChI=1S/C37H30.C2H6/c1-4-26-14-16-27(17-15-26)25(3)28-18-20-32-31-19-13-24(2)21-35(31)37(36(32)23-28)33-11-7-5-9-29(33)22-30-10-6-8-12-34(30)37;1-2/h4-21,23,25H,1,22H2,2-3H3;1-2H3. The quantitative estimate of drug-likeness (QED) is 0.224. The molecule has 0 amide bonds. The monoisotopic (exact) mass is 504 g/mol. The van der Waals surface area contributed by atoms with E-state index in [0.29, 0.717) is 5.92 Å². The van der Waals surface area contributed by atoms with E-state index in [1.54, 1.807) is 0 Å². The molecule has 7 rings (SSSR count). The van der Waals surface area contributed by atoms with Crippen LogP contribution in [0.2, 0.25) is 0 Å². The Morgan fingerprint density at radius 2 is 1.18 bits per heavy atom. The highest BCUT2D eigenvalue weighted by Crippen LogP contribution is 2.59. The summed E-state index contributed by atoms with van der Waals surface area (Å²) in [4.78, 5) is 0. The van der Waals surface area contributed by atoms with E-state index in [1.165, 1.54) is 61.2 Å². The Bertz CT molecular complexity index is 1640. The van der Waals surface area contributed by atoms with Crippen LogP contribution in [0.4, 0.5) is 0 Å². The van der Waals surface area contributed by atoms with Gasteiger partial charge >= 0.3 is 0 Å². The number of hydrogen-bond donors (Lipinski definition) is 0. The fourth-order valence-electron chi connectivity index (χ4n) is 6.85. The van der Waals surface area contributed by atoms with Crippen molar-refractivity contribution in [1.82, 2.24) is 0 Å². The third-order valence-corrected chi connectivity index (χ3v) is 8.71. The van der Waals surface area contributed by atoms with Gasteiger partial charge in [0.15, 0.2) is 0 Å². The van der Waals surface area contributed by atoms with Gasteiger partial charge in [-0.1, -0.05) is 148 Å². The van der Waals surface area contributed by atoms with E-state index in [9.17, 15) is 0 Å². The van der Waals surface area contributed by atoms with Crippen molar-refractivity contribution in [3.8, 4) is 11.1 Å². The molecule has 192 valence electrons. The summed E-state index contributed by atoms with van der Waals surface area (Å²) in [7, 11) is 0. The Morgan fingerprint density at radius 1 is 0.641 bits per heavy atom. The first kappa shape index (κ1) is 25.1. The Hall–Kier alpha value is -4.16. The van der Waals surface area contributed by atoms with Gasteiger partial charge in [-0.3, -0.25) is 0 Å². The summed E-state index contributed by atoms with van der Waals surface area (Å²) < 4.78 is 0. The molecule has 0 heterocycles. The minimum absolute atomic E-state index is 0.292. The first-order valence-corrected chi connectivity index (χ1v) is 14.3. The molecule has 0 nitrogen and oxygen atoms in total. The van der Waals surface area contributed by atoms with Gasteiger partial charge in [0.1, 0.15) is 0 Å². The van der Waals surface area contributed by atoms with E-state index in [1.807, 2.05) is 19.9 Å². The van der Waals surface area contributed by atoms with Crippen LogP contribution < -0.4 is 0 Å². The third kappa shape index (κ3) is 3.73. The highest BCUT2D eigenvalue weighted by molar-refractivity contribution is 5.88. The van der Waals surface area contributed by atoms with Crippen molar-refractivity contribution < 1.29 is 0 Å². The van der Waals surface area contributed by atoms with Crippen LogP contribution in [0.1, 0.15) is 82.3 Å². The van der Waals surface area contributed by atoms with Gasteiger partial charge in [0.25, 0.3) is 0 Å². The zero-order valence-electron chi connectivity index (χ0n) is 23.5. The Labute approximate surface area is 233 Å². The normalized spacial score (nSPS) is 14.3. The summed E-state index contributed by atoms with van der Waals surface area (Å²) in [6.07, 6.45) is 2.89. The van der Waals surface area contributed by atoms with E-state index in [0.717, 1.165) is 12.0 Å². The molecule has 1 unspecified atom stereocenters. The van der Waals surface area contributed by atoms with Crippen LogP contribution in [0, 0.1) is 6.92 Å². The zero-order chi connectivity index (χ0) is 27.1. The van der Waals surface area contributed by atoms with Gasteiger partial charge in [0.2, 0.25) is 0 Å². The fourth-order valence-corrected chi connectivity index (χ4v) is 6.85. The van der Waals surface area contributed by atoms with E-state index >= 15 is 0 Å². The number of aryl methyl sites for hydroxylation is 1. The second-order valence-corrected chi connectivity index (χ2v) is 10.7. The average molecular weight is 505 g/mol. The van der Waals surface area contributed by atoms with Gasteiger partial charge < -0.3 is 0 Å². The molecule has 1 atom stereocenters. The van der Waals surface area contributed by atoms with Gasteiger partial charge in [-0.15, -0.1) is 0 Å². The molecule has 39 heavy (non-hydrogen) atoms. The molecule has 0 saturated carbocycles. The molecule has 0 fully saturated rings. The number of fused-ring (bicyclic) bond motifs is 9. The molecule has 0 radical (unpaired) electrons. The molecular weight excluding hydrogens is 468 g/mol. The van der Waals surface area contributed by atoms with Crippen LogP contribution in [-0.2, 0) is 11.8 Å². The largest absolute Gasteiger partial charge is 0.0985 e. The summed E-state index contributed by atoms with van der Waals surface area (Å²) in [5, 5.41) is 0. The van der Waals surface area contributed by atoms with Gasteiger partial charge in [-0.2, -0.15) is 0 Å². The van der Waals surface area contributed by atoms with E-state index in [-0.39, 0.29) is 5.41 Å². The van der Waals surface area contributed by atoms with E-state index in [4.69, 9.17) is 0 Å². The molecule has 2 aliphatic rings. The van der Waals surface area contributed by atoms with E-state index in [2.05, 4.69) is 130 Å². The maximum Gasteiger partial charge on any atom is 0.0719 e. The zero-order valence-corrected chi connectivity index (χ0v) is 23.5. The topological polar surface area (TPSA) is 0 Å². The highest BCUT2D eigenvalue weighted by Gasteiger charge is 2.49. The Balaban J connectivity index is 0.00000135. The van der Waals surface area contributed by atoms with Gasteiger partial charge in [0, 0.05) is 5.92 Å². The molecule has 0 bridgehead atoms. The smallest absolute Gasteiger partial charge is 0.0719 e. The first-order chi connectivity index (χ1) is 19.1. The third-order valence-electron chi connectivity index (χ3n) is 8.71. The molecule has 0 aromatic heterocycles. The molecule has 0 heteroatoms. The first-order valence-electron chi connectivity index (χ1n) is 14.3. The molecule has 2 aliphatic carbocycles. The predicted octanol–water partition coefficient (Wildman–Crippen LogP) is 10.1. The minimum atomic E-state index is -0.301. The van der Waals surface area contributed by atoms with Crippen LogP contribution in [0.25, 0.3) is 17.2 Å². The fraction of sp³-hybridized carbons (Fsp3) is 0.179. The summed E-state index contributed by atoms with van der Waals surface area (Å²) in [6.45, 7) is 12.5. The lowest BCUT2D eigenvalue weighted by atomic mass is 9.61. The summed E-state index contributed by atoms with van der Waals surface area (Å²) in [5.74, 6) is 0.292. The van der Waals surface area contributed by atoms with E-state index < -0.39 is 0 Å². The SMILES string of the molecule is C=Cc1ccc(C(C)c2ccc3c(c2)C2(c4ccccc4Cc4ccccc42)c2cc(C)ccc2-3)cc1.CC. The number of rotatable bonds is 3. The van der Waals surface area contributed by atoms with Crippen molar-refractivity contribution >= 4 is 6.08 Å². The molecule has 0 saturated heterocycles. The van der Waals surface area contributed by atoms with Crippen LogP contribution in [0.5, 0.6) is 0 Å². The van der Waals surface area contributed by atoms with Crippen LogP contribution in [0.3, 0.4) is 0 Å². The lowest BCUT2D eigenvalue weighted by molar-refractivity contribution is 0.719. The highest BCUT2D eigenvalue weighted by atomic mass is 14.5. The van der Waals surface area contributed by atoms with Gasteiger partial charge in [-0.05, 0) is 74.5 Å². The Kier molecular flexibility index (Phi) is 6.35. The molecular formula is C39H36. The Morgan fingerprint density at radius 3 is 1.79 bits per heavy atom. The molecule has 0 N–H and O–H groups in total. The van der Waals surface area contributed by atoms with Crippen molar-refractivity contribution in [3.05, 3.63) is 171 Å². The van der Waals surface area contributed by atoms with Gasteiger partial charge in [0.05, 0.1) is 5.41 Å². The summed E-state index contributed by atoms with van der Waals surface area (Å²) in [5.41, 5.74) is 16.1. The summed E-state index contributed by atoms with van der Waals surface area (Å²) in [6, 6.07) is 41.3. The van der Waals surface area contributed by atoms with Crippen LogP contribution >= 0.6 is 0 Å². The maximum atomic E-state index is 3.91. The van der Waals surface area contributed by atoms with Crippen LogP contribution in [-0.4, -0.2) is 0 Å². The van der Waals surface area contributed by atoms with Crippen molar-refractivity contribution in [2.75, 3.05) is 0 Å². The lowest BCUT2D eigenvalue weighted by Gasteiger charge is -2.40. The molecule has 1 spiro atoms. The van der Waals surface area contributed by atoms with Crippen LogP contribution in [0.15, 0.2) is 116 Å². The second kappa shape index (κ2) is 9.86. The van der Waals surface area contributed by atoms with Crippen molar-refractivity contribution in [3.63, 3.8) is 0 Å². The molecule has 5 aromatic carbocycles. The predicted molar refractivity (Wildman–Crippen MR) is 167 cm³/mol. The average Bonchev–Trinajstić information content (AvgIpc) is 3.27. The summed E-state index contributed by atoms with van der Waals surface area (Å²) >= 11 is 0. The second-order valence-electron chi connectivity index (χ2n) is 10.7.